The SMILES string of the molecule is Cc1ccc2c(c1)Cc1ccccc1-c1cccc[n+]1-[n+]1ccc(-c3ccccc3)cc1-2. The second-order valence-electron chi connectivity index (χ2n) is 8.44. The highest BCUT2D eigenvalue weighted by Crippen LogP contribution is 2.31. The van der Waals surface area contributed by atoms with Crippen LogP contribution in [0.25, 0.3) is 33.6 Å². The first-order valence-corrected chi connectivity index (χ1v) is 11.1. The van der Waals surface area contributed by atoms with Crippen molar-refractivity contribution >= 4 is 0 Å². The highest BCUT2D eigenvalue weighted by atomic mass is 15.4. The average Bonchev–Trinajstić information content (AvgIpc) is 2.89. The van der Waals surface area contributed by atoms with Crippen molar-refractivity contribution in [2.75, 3.05) is 0 Å². The first-order chi connectivity index (χ1) is 15.8. The van der Waals surface area contributed by atoms with Crippen LogP contribution < -0.4 is 9.35 Å². The molecule has 0 amide bonds. The third-order valence-electron chi connectivity index (χ3n) is 6.32. The quantitative estimate of drug-likeness (QED) is 0.302. The lowest BCUT2D eigenvalue weighted by molar-refractivity contribution is -1.29. The summed E-state index contributed by atoms with van der Waals surface area (Å²) in [6.07, 6.45) is 5.24. The highest BCUT2D eigenvalue weighted by Gasteiger charge is 2.31. The fourth-order valence-electron chi connectivity index (χ4n) is 4.78. The van der Waals surface area contributed by atoms with Crippen LogP contribution in [0.2, 0.25) is 0 Å². The first-order valence-electron chi connectivity index (χ1n) is 11.1. The summed E-state index contributed by atoms with van der Waals surface area (Å²) < 4.78 is 4.54. The summed E-state index contributed by atoms with van der Waals surface area (Å²) in [6, 6.07) is 37.2. The first kappa shape index (κ1) is 18.7. The Hall–Kier alpha value is -4.04. The van der Waals surface area contributed by atoms with Gasteiger partial charge in [-0.25, -0.2) is 0 Å². The van der Waals surface area contributed by atoms with Gasteiger partial charge in [-0.05, 0) is 53.8 Å². The summed E-state index contributed by atoms with van der Waals surface area (Å²) in [7, 11) is 0. The van der Waals surface area contributed by atoms with Crippen molar-refractivity contribution in [3.8, 4) is 33.6 Å². The Balaban J connectivity index is 1.71. The molecule has 3 aromatic carbocycles. The molecule has 32 heavy (non-hydrogen) atoms. The van der Waals surface area contributed by atoms with Crippen LogP contribution in [0.3, 0.4) is 0 Å². The van der Waals surface area contributed by atoms with E-state index in [1.54, 1.807) is 0 Å². The van der Waals surface area contributed by atoms with Crippen LogP contribution >= 0.6 is 0 Å². The second kappa shape index (κ2) is 7.58. The van der Waals surface area contributed by atoms with Gasteiger partial charge in [0.2, 0.25) is 12.4 Å². The molecule has 0 aliphatic carbocycles. The molecule has 0 saturated heterocycles. The monoisotopic (exact) mass is 412 g/mol. The Labute approximate surface area is 188 Å². The van der Waals surface area contributed by atoms with Crippen LogP contribution in [0.5, 0.6) is 0 Å². The maximum Gasteiger partial charge on any atom is 0.285 e. The zero-order valence-electron chi connectivity index (χ0n) is 18.1. The Morgan fingerprint density at radius 2 is 1.28 bits per heavy atom. The van der Waals surface area contributed by atoms with Gasteiger partial charge < -0.3 is 0 Å². The number of aryl methyl sites for hydroxylation is 1. The smallest absolute Gasteiger partial charge is 0.0622 e. The molecule has 0 N–H and O–H groups in total. The van der Waals surface area contributed by atoms with E-state index in [1.807, 2.05) is 0 Å². The molecular formula is C30H24N2+2. The van der Waals surface area contributed by atoms with Crippen molar-refractivity contribution in [2.24, 2.45) is 0 Å². The molecule has 1 aliphatic heterocycles. The number of hydrogen-bond donors (Lipinski definition) is 0. The van der Waals surface area contributed by atoms with Crippen molar-refractivity contribution in [3.05, 3.63) is 132 Å². The van der Waals surface area contributed by atoms with E-state index in [2.05, 4.69) is 132 Å². The van der Waals surface area contributed by atoms with Gasteiger partial charge in [-0.1, -0.05) is 66.2 Å². The fourth-order valence-corrected chi connectivity index (χ4v) is 4.78. The van der Waals surface area contributed by atoms with Gasteiger partial charge in [-0.2, -0.15) is 0 Å². The van der Waals surface area contributed by atoms with Crippen LogP contribution in [0.15, 0.2) is 116 Å². The Bertz CT molecular complexity index is 1450. The lowest BCUT2D eigenvalue weighted by Gasteiger charge is -2.09. The molecule has 5 aromatic rings. The van der Waals surface area contributed by atoms with Crippen LogP contribution in [0, 0.1) is 6.92 Å². The summed E-state index contributed by atoms with van der Waals surface area (Å²) in [5.74, 6) is 0. The third-order valence-corrected chi connectivity index (χ3v) is 6.32. The van der Waals surface area contributed by atoms with Crippen molar-refractivity contribution in [3.63, 3.8) is 0 Å². The standard InChI is InChI=1S/C30H24N2/c1-22-14-15-28-26(19-22)20-25-11-5-6-12-27(25)29-13-7-8-17-31(29)32-18-16-24(21-30(28)32)23-9-3-2-4-10-23/h2-19,21H,20H2,1H3/q+2. The van der Waals surface area contributed by atoms with E-state index < -0.39 is 0 Å². The third kappa shape index (κ3) is 3.12. The number of rotatable bonds is 1. The van der Waals surface area contributed by atoms with E-state index in [4.69, 9.17) is 0 Å². The summed E-state index contributed by atoms with van der Waals surface area (Å²) in [4.78, 5) is 0. The molecule has 2 heteroatoms. The lowest BCUT2D eigenvalue weighted by atomic mass is 9.92. The zero-order valence-corrected chi connectivity index (χ0v) is 18.1. The van der Waals surface area contributed by atoms with Crippen molar-refractivity contribution in [1.29, 1.82) is 0 Å². The molecule has 3 heterocycles. The van der Waals surface area contributed by atoms with Crippen LogP contribution in [-0.2, 0) is 6.42 Å². The normalized spacial score (nSPS) is 11.8. The predicted octanol–water partition coefficient (Wildman–Crippen LogP) is 5.79. The van der Waals surface area contributed by atoms with E-state index in [1.165, 1.54) is 50.3 Å². The van der Waals surface area contributed by atoms with Gasteiger partial charge in [-0.3, -0.25) is 0 Å². The van der Waals surface area contributed by atoms with Crippen molar-refractivity contribution in [1.82, 2.24) is 0 Å². The number of aromatic nitrogens is 2. The Morgan fingerprint density at radius 1 is 0.531 bits per heavy atom. The largest absolute Gasteiger partial charge is 0.285 e. The topological polar surface area (TPSA) is 7.76 Å². The molecular weight excluding hydrogens is 388 g/mol. The molecule has 2 nitrogen and oxygen atoms in total. The number of fused-ring (bicyclic) bond motifs is 7. The highest BCUT2D eigenvalue weighted by molar-refractivity contribution is 5.72. The van der Waals surface area contributed by atoms with E-state index in [-0.39, 0.29) is 0 Å². The molecule has 6 rings (SSSR count). The maximum absolute atomic E-state index is 2.34. The number of nitrogens with zero attached hydrogens (tertiary/aromatic N) is 2. The predicted molar refractivity (Wildman–Crippen MR) is 128 cm³/mol. The second-order valence-corrected chi connectivity index (χ2v) is 8.44. The maximum atomic E-state index is 2.34. The van der Waals surface area contributed by atoms with Gasteiger partial charge in [0.25, 0.3) is 11.4 Å². The van der Waals surface area contributed by atoms with Crippen molar-refractivity contribution in [2.45, 2.75) is 13.3 Å². The minimum atomic E-state index is 0.900. The van der Waals surface area contributed by atoms with E-state index in [0.717, 1.165) is 6.42 Å². The van der Waals surface area contributed by atoms with Gasteiger partial charge in [0.05, 0.1) is 20.5 Å². The van der Waals surface area contributed by atoms with Gasteiger partial charge in [0.15, 0.2) is 0 Å². The Kier molecular flexibility index (Phi) is 4.43. The molecule has 152 valence electrons. The summed E-state index contributed by atoms with van der Waals surface area (Å²) in [5, 5.41) is 0. The lowest BCUT2D eigenvalue weighted by Crippen LogP contribution is -2.68. The van der Waals surface area contributed by atoms with E-state index >= 15 is 0 Å². The molecule has 0 atom stereocenters. The molecule has 2 aromatic heterocycles. The minimum Gasteiger partial charge on any atom is -0.0622 e. The van der Waals surface area contributed by atoms with Crippen molar-refractivity contribution < 1.29 is 9.35 Å². The van der Waals surface area contributed by atoms with Gasteiger partial charge >= 0.3 is 0 Å². The van der Waals surface area contributed by atoms with Crippen LogP contribution in [-0.4, -0.2) is 0 Å². The van der Waals surface area contributed by atoms with E-state index in [9.17, 15) is 0 Å². The molecule has 0 saturated carbocycles. The molecule has 1 aliphatic rings. The van der Waals surface area contributed by atoms with Gasteiger partial charge in [0, 0.05) is 24.3 Å². The molecule has 0 fully saturated rings. The summed E-state index contributed by atoms with van der Waals surface area (Å²) in [5.41, 5.74) is 11.3. The van der Waals surface area contributed by atoms with E-state index in [0.29, 0.717) is 0 Å². The molecule has 0 radical (unpaired) electrons. The van der Waals surface area contributed by atoms with Gasteiger partial charge in [0.1, 0.15) is 0 Å². The van der Waals surface area contributed by atoms with Crippen LogP contribution in [0.4, 0.5) is 0 Å². The molecule has 0 bridgehead atoms. The van der Waals surface area contributed by atoms with Gasteiger partial charge in [-0.15, -0.1) is 0 Å². The number of pyridine rings is 2. The number of hydrogen-bond acceptors (Lipinski definition) is 0. The Morgan fingerprint density at radius 3 is 2.19 bits per heavy atom. The number of benzene rings is 3. The van der Waals surface area contributed by atoms with Crippen LogP contribution in [0.1, 0.15) is 16.7 Å². The fraction of sp³-hybridized carbons (Fsp3) is 0.0667. The zero-order chi connectivity index (χ0) is 21.5. The molecule has 0 spiro atoms. The molecule has 0 unspecified atom stereocenters. The summed E-state index contributed by atoms with van der Waals surface area (Å²) in [6.45, 7) is 2.18. The minimum absolute atomic E-state index is 0.900. The summed E-state index contributed by atoms with van der Waals surface area (Å²) >= 11 is 0. The average molecular weight is 413 g/mol.